The van der Waals surface area contributed by atoms with Gasteiger partial charge in [0.15, 0.2) is 0 Å². The van der Waals surface area contributed by atoms with Crippen LogP contribution in [0.4, 0.5) is 4.79 Å². The van der Waals surface area contributed by atoms with Gasteiger partial charge in [-0.05, 0) is 33.2 Å². The standard InChI is InChI=1S/C17H32N4O4/c1-4-20(11-16(22)23)15-9-14(10-15)19-17(24)18-12(2)13(3)21-5-7-25-8-6-21/h12-15H,4-11H2,1-3H3,(H,22,23)(H2,18,19,24). The van der Waals surface area contributed by atoms with E-state index >= 15 is 0 Å². The minimum atomic E-state index is -0.804. The molecule has 0 aromatic heterocycles. The maximum Gasteiger partial charge on any atom is 0.317 e. The number of aliphatic carboxylic acids is 1. The topological polar surface area (TPSA) is 94.1 Å². The van der Waals surface area contributed by atoms with E-state index in [9.17, 15) is 9.59 Å². The van der Waals surface area contributed by atoms with Gasteiger partial charge >= 0.3 is 12.0 Å². The minimum Gasteiger partial charge on any atom is -0.480 e. The molecule has 2 fully saturated rings. The third-order valence-electron chi connectivity index (χ3n) is 5.41. The summed E-state index contributed by atoms with van der Waals surface area (Å²) in [5.74, 6) is -0.804. The molecule has 1 heterocycles. The molecule has 1 saturated carbocycles. The molecule has 8 nitrogen and oxygen atoms in total. The molecule has 0 aromatic rings. The average Bonchev–Trinajstić information content (AvgIpc) is 2.55. The molecule has 1 saturated heterocycles. The van der Waals surface area contributed by atoms with Crippen LogP contribution in [0.1, 0.15) is 33.6 Å². The van der Waals surface area contributed by atoms with Crippen LogP contribution in [0.15, 0.2) is 0 Å². The van der Waals surface area contributed by atoms with Crippen LogP contribution < -0.4 is 10.6 Å². The number of carboxylic acid groups (broad SMARTS) is 1. The first-order valence-corrected chi connectivity index (χ1v) is 9.25. The van der Waals surface area contributed by atoms with Crippen molar-refractivity contribution in [3.8, 4) is 0 Å². The van der Waals surface area contributed by atoms with Crippen molar-refractivity contribution in [2.75, 3.05) is 39.4 Å². The third kappa shape index (κ3) is 5.83. The zero-order valence-electron chi connectivity index (χ0n) is 15.5. The number of carbonyl (C=O) groups excluding carboxylic acids is 1. The molecule has 25 heavy (non-hydrogen) atoms. The van der Waals surface area contributed by atoms with E-state index in [1.54, 1.807) is 0 Å². The summed E-state index contributed by atoms with van der Waals surface area (Å²) in [7, 11) is 0. The quantitative estimate of drug-likeness (QED) is 0.580. The lowest BCUT2D eigenvalue weighted by atomic mass is 9.85. The van der Waals surface area contributed by atoms with Crippen molar-refractivity contribution < 1.29 is 19.4 Å². The smallest absolute Gasteiger partial charge is 0.317 e. The van der Waals surface area contributed by atoms with Crippen LogP contribution >= 0.6 is 0 Å². The molecule has 2 amide bonds. The van der Waals surface area contributed by atoms with Crippen LogP contribution in [-0.4, -0.2) is 90.5 Å². The zero-order valence-corrected chi connectivity index (χ0v) is 15.5. The molecular weight excluding hydrogens is 324 g/mol. The minimum absolute atomic E-state index is 0.0492. The Balaban J connectivity index is 1.68. The fourth-order valence-electron chi connectivity index (χ4n) is 3.53. The van der Waals surface area contributed by atoms with Crippen LogP contribution in [0.25, 0.3) is 0 Å². The van der Waals surface area contributed by atoms with Crippen molar-refractivity contribution in [3.63, 3.8) is 0 Å². The highest BCUT2D eigenvalue weighted by Gasteiger charge is 2.35. The lowest BCUT2D eigenvalue weighted by Gasteiger charge is -2.42. The van der Waals surface area contributed by atoms with Crippen LogP contribution in [0.2, 0.25) is 0 Å². The number of ether oxygens (including phenoxy) is 1. The second-order valence-electron chi connectivity index (χ2n) is 7.07. The molecule has 2 unspecified atom stereocenters. The van der Waals surface area contributed by atoms with Crippen molar-refractivity contribution >= 4 is 12.0 Å². The van der Waals surface area contributed by atoms with E-state index in [4.69, 9.17) is 9.84 Å². The molecule has 1 aliphatic carbocycles. The van der Waals surface area contributed by atoms with Gasteiger partial charge in [-0.3, -0.25) is 14.6 Å². The molecule has 0 spiro atoms. The normalized spacial score (nSPS) is 26.6. The SMILES string of the molecule is CCN(CC(=O)O)C1CC(NC(=O)NC(C)C(C)N2CCOCC2)C1. The van der Waals surface area contributed by atoms with Crippen LogP contribution in [-0.2, 0) is 9.53 Å². The summed E-state index contributed by atoms with van der Waals surface area (Å²) >= 11 is 0. The van der Waals surface area contributed by atoms with Gasteiger partial charge in [-0.25, -0.2) is 4.79 Å². The van der Waals surface area contributed by atoms with E-state index in [0.717, 1.165) is 39.1 Å². The number of hydrogen-bond acceptors (Lipinski definition) is 5. The summed E-state index contributed by atoms with van der Waals surface area (Å²) in [6, 6.07) is 0.537. The second kappa shape index (κ2) is 9.35. The highest BCUT2D eigenvalue weighted by molar-refractivity contribution is 5.74. The number of nitrogens with one attached hydrogen (secondary N) is 2. The number of morpholine rings is 1. The zero-order chi connectivity index (χ0) is 18.4. The first-order valence-electron chi connectivity index (χ1n) is 9.25. The number of carboxylic acids is 1. The number of nitrogens with zero attached hydrogens (tertiary/aromatic N) is 2. The molecule has 0 aromatic carbocycles. The number of amides is 2. The van der Waals surface area contributed by atoms with E-state index in [2.05, 4.69) is 22.5 Å². The van der Waals surface area contributed by atoms with Gasteiger partial charge in [0.1, 0.15) is 0 Å². The number of likely N-dealkylation sites (N-methyl/N-ethyl adjacent to an activating group) is 1. The molecule has 0 bridgehead atoms. The highest BCUT2D eigenvalue weighted by atomic mass is 16.5. The number of urea groups is 1. The molecule has 2 atom stereocenters. The number of rotatable bonds is 8. The molecule has 1 aliphatic heterocycles. The van der Waals surface area contributed by atoms with Crippen LogP contribution in [0, 0.1) is 0 Å². The van der Waals surface area contributed by atoms with Gasteiger partial charge in [0, 0.05) is 37.3 Å². The van der Waals surface area contributed by atoms with Gasteiger partial charge in [-0.1, -0.05) is 6.92 Å². The van der Waals surface area contributed by atoms with E-state index in [-0.39, 0.29) is 36.7 Å². The first-order chi connectivity index (χ1) is 11.9. The Labute approximate surface area is 149 Å². The summed E-state index contributed by atoms with van der Waals surface area (Å²) < 4.78 is 5.37. The lowest BCUT2D eigenvalue weighted by Crippen LogP contribution is -2.59. The maximum atomic E-state index is 12.2. The van der Waals surface area contributed by atoms with E-state index in [1.807, 2.05) is 18.7 Å². The van der Waals surface area contributed by atoms with Crippen molar-refractivity contribution in [2.24, 2.45) is 0 Å². The fraction of sp³-hybridized carbons (Fsp3) is 0.882. The van der Waals surface area contributed by atoms with Gasteiger partial charge in [0.2, 0.25) is 0 Å². The summed E-state index contributed by atoms with van der Waals surface area (Å²) in [4.78, 5) is 27.3. The largest absolute Gasteiger partial charge is 0.480 e. The van der Waals surface area contributed by atoms with Crippen molar-refractivity contribution in [2.45, 2.75) is 57.8 Å². The Morgan fingerprint density at radius 3 is 2.48 bits per heavy atom. The summed E-state index contributed by atoms with van der Waals surface area (Å²) in [5.41, 5.74) is 0. The molecule has 144 valence electrons. The average molecular weight is 356 g/mol. The van der Waals surface area contributed by atoms with Gasteiger partial charge in [-0.2, -0.15) is 0 Å². The molecule has 8 heteroatoms. The Bertz CT molecular complexity index is 450. The summed E-state index contributed by atoms with van der Waals surface area (Å²) in [6.45, 7) is 10.2. The van der Waals surface area contributed by atoms with Crippen molar-refractivity contribution in [1.29, 1.82) is 0 Å². The van der Waals surface area contributed by atoms with E-state index < -0.39 is 5.97 Å². The van der Waals surface area contributed by atoms with Gasteiger partial charge in [0.05, 0.1) is 19.8 Å². The molecule has 3 N–H and O–H groups in total. The molecule has 0 radical (unpaired) electrons. The predicted molar refractivity (Wildman–Crippen MR) is 94.7 cm³/mol. The summed E-state index contributed by atoms with van der Waals surface area (Å²) in [6.07, 6.45) is 1.61. The Kier molecular flexibility index (Phi) is 7.46. The van der Waals surface area contributed by atoms with Crippen LogP contribution in [0.3, 0.4) is 0 Å². The molecule has 2 aliphatic rings. The van der Waals surface area contributed by atoms with Gasteiger partial charge in [0.25, 0.3) is 0 Å². The van der Waals surface area contributed by atoms with Crippen molar-refractivity contribution in [1.82, 2.24) is 20.4 Å². The highest BCUT2D eigenvalue weighted by Crippen LogP contribution is 2.25. The van der Waals surface area contributed by atoms with Crippen LogP contribution in [0.5, 0.6) is 0 Å². The summed E-state index contributed by atoms with van der Waals surface area (Å²) in [5, 5.41) is 14.9. The Hall–Kier alpha value is -1.38. The first kappa shape index (κ1) is 19.9. The van der Waals surface area contributed by atoms with Gasteiger partial charge < -0.3 is 20.5 Å². The molecular formula is C17H32N4O4. The third-order valence-corrected chi connectivity index (χ3v) is 5.41. The monoisotopic (exact) mass is 356 g/mol. The fourth-order valence-corrected chi connectivity index (χ4v) is 3.53. The predicted octanol–water partition coefficient (Wildman–Crippen LogP) is 0.332. The van der Waals surface area contributed by atoms with E-state index in [0.29, 0.717) is 6.54 Å². The van der Waals surface area contributed by atoms with Crippen molar-refractivity contribution in [3.05, 3.63) is 0 Å². The Morgan fingerprint density at radius 1 is 1.28 bits per heavy atom. The van der Waals surface area contributed by atoms with E-state index in [1.165, 1.54) is 0 Å². The molecule has 2 rings (SSSR count). The number of carbonyl (C=O) groups is 2. The maximum absolute atomic E-state index is 12.2. The number of hydrogen-bond donors (Lipinski definition) is 3. The Morgan fingerprint density at radius 2 is 1.92 bits per heavy atom. The second-order valence-corrected chi connectivity index (χ2v) is 7.07. The van der Waals surface area contributed by atoms with Gasteiger partial charge in [-0.15, -0.1) is 0 Å². The lowest BCUT2D eigenvalue weighted by molar-refractivity contribution is -0.139.